The second-order valence-corrected chi connectivity index (χ2v) is 5.78. The second-order valence-electron chi connectivity index (χ2n) is 5.78. The summed E-state index contributed by atoms with van der Waals surface area (Å²) in [6, 6.07) is 7.44. The van der Waals surface area contributed by atoms with Crippen molar-refractivity contribution < 1.29 is 15.1 Å². The van der Waals surface area contributed by atoms with Crippen LogP contribution < -0.4 is 4.74 Å². The van der Waals surface area contributed by atoms with Crippen molar-refractivity contribution in [2.24, 2.45) is 11.1 Å². The van der Waals surface area contributed by atoms with E-state index in [9.17, 15) is 5.11 Å². The standard InChI is InChI=1S/C17H25NO3/c1-2-17(18-20)14-7-9-16(10-8-14)21-12-15(19)11-13-5-3-4-6-13/h7-10,13,15,19-20H,2-6,11-12H2,1H3/b18-17-. The van der Waals surface area contributed by atoms with Gasteiger partial charge in [0.25, 0.3) is 0 Å². The van der Waals surface area contributed by atoms with Gasteiger partial charge in [0, 0.05) is 0 Å². The molecule has 0 spiro atoms. The zero-order valence-corrected chi connectivity index (χ0v) is 12.7. The van der Waals surface area contributed by atoms with Crippen LogP contribution in [0.15, 0.2) is 29.4 Å². The van der Waals surface area contributed by atoms with Crippen LogP contribution in [0.5, 0.6) is 5.75 Å². The number of aliphatic hydroxyl groups excluding tert-OH is 1. The Kier molecular flexibility index (Phi) is 6.05. The molecule has 4 nitrogen and oxygen atoms in total. The fraction of sp³-hybridized carbons (Fsp3) is 0.588. The maximum atomic E-state index is 10.0. The van der Waals surface area contributed by atoms with Gasteiger partial charge in [-0.3, -0.25) is 0 Å². The monoisotopic (exact) mass is 291 g/mol. The Labute approximate surface area is 126 Å². The smallest absolute Gasteiger partial charge is 0.119 e. The highest BCUT2D eigenvalue weighted by Crippen LogP contribution is 2.28. The van der Waals surface area contributed by atoms with E-state index in [2.05, 4.69) is 5.16 Å². The molecule has 1 aromatic rings. The molecule has 1 unspecified atom stereocenters. The van der Waals surface area contributed by atoms with Gasteiger partial charge in [-0.2, -0.15) is 0 Å². The number of oxime groups is 1. The highest BCUT2D eigenvalue weighted by atomic mass is 16.5. The predicted octanol–water partition coefficient (Wildman–Crippen LogP) is 3.59. The van der Waals surface area contributed by atoms with E-state index >= 15 is 0 Å². The van der Waals surface area contributed by atoms with E-state index in [-0.39, 0.29) is 0 Å². The van der Waals surface area contributed by atoms with Crippen molar-refractivity contribution in [1.82, 2.24) is 0 Å². The number of hydrogen-bond acceptors (Lipinski definition) is 4. The van der Waals surface area contributed by atoms with E-state index < -0.39 is 6.10 Å². The highest BCUT2D eigenvalue weighted by molar-refractivity contribution is 6.00. The van der Waals surface area contributed by atoms with E-state index in [0.717, 1.165) is 17.7 Å². The summed E-state index contributed by atoms with van der Waals surface area (Å²) < 4.78 is 5.63. The molecule has 1 saturated carbocycles. The molecular weight excluding hydrogens is 266 g/mol. The molecule has 2 N–H and O–H groups in total. The summed E-state index contributed by atoms with van der Waals surface area (Å²) in [5, 5.41) is 22.2. The molecule has 116 valence electrons. The van der Waals surface area contributed by atoms with Gasteiger partial charge < -0.3 is 15.1 Å². The zero-order valence-electron chi connectivity index (χ0n) is 12.7. The van der Waals surface area contributed by atoms with Crippen molar-refractivity contribution in [3.05, 3.63) is 29.8 Å². The Morgan fingerprint density at radius 2 is 1.95 bits per heavy atom. The summed E-state index contributed by atoms with van der Waals surface area (Å²) in [4.78, 5) is 0. The van der Waals surface area contributed by atoms with E-state index in [1.165, 1.54) is 25.7 Å². The summed E-state index contributed by atoms with van der Waals surface area (Å²) >= 11 is 0. The molecular formula is C17H25NO3. The van der Waals surface area contributed by atoms with Crippen LogP contribution in [-0.4, -0.2) is 28.7 Å². The fourth-order valence-corrected chi connectivity index (χ4v) is 2.97. The van der Waals surface area contributed by atoms with Crippen molar-refractivity contribution in [3.63, 3.8) is 0 Å². The Hall–Kier alpha value is -1.55. The summed E-state index contributed by atoms with van der Waals surface area (Å²) in [6.07, 6.45) is 6.21. The van der Waals surface area contributed by atoms with Gasteiger partial charge in [0.15, 0.2) is 0 Å². The number of nitrogens with zero attached hydrogens (tertiary/aromatic N) is 1. The molecule has 1 aromatic carbocycles. The first kappa shape index (κ1) is 15.8. The largest absolute Gasteiger partial charge is 0.491 e. The third kappa shape index (κ3) is 4.74. The average molecular weight is 291 g/mol. The van der Waals surface area contributed by atoms with E-state index in [1.54, 1.807) is 0 Å². The van der Waals surface area contributed by atoms with Crippen LogP contribution in [0.4, 0.5) is 0 Å². The lowest BCUT2D eigenvalue weighted by Crippen LogP contribution is -2.20. The van der Waals surface area contributed by atoms with Crippen LogP contribution >= 0.6 is 0 Å². The number of benzene rings is 1. The minimum absolute atomic E-state index is 0.338. The van der Waals surface area contributed by atoms with Gasteiger partial charge in [0.2, 0.25) is 0 Å². The van der Waals surface area contributed by atoms with E-state index in [1.807, 2.05) is 31.2 Å². The first-order valence-corrected chi connectivity index (χ1v) is 7.85. The van der Waals surface area contributed by atoms with Crippen molar-refractivity contribution in [1.29, 1.82) is 0 Å². The van der Waals surface area contributed by atoms with Crippen molar-refractivity contribution >= 4 is 5.71 Å². The second kappa shape index (κ2) is 8.03. The number of ether oxygens (including phenoxy) is 1. The van der Waals surface area contributed by atoms with Gasteiger partial charge in [-0.15, -0.1) is 0 Å². The molecule has 1 aliphatic carbocycles. The van der Waals surface area contributed by atoms with Crippen LogP contribution in [0, 0.1) is 5.92 Å². The first-order chi connectivity index (χ1) is 10.2. The lowest BCUT2D eigenvalue weighted by atomic mass is 10.0. The van der Waals surface area contributed by atoms with E-state index in [4.69, 9.17) is 9.94 Å². The number of aliphatic hydroxyl groups is 1. The van der Waals surface area contributed by atoms with Gasteiger partial charge >= 0.3 is 0 Å². The molecule has 0 aromatic heterocycles. The van der Waals surface area contributed by atoms with Crippen LogP contribution in [0.3, 0.4) is 0 Å². The number of rotatable bonds is 7. The van der Waals surface area contributed by atoms with Gasteiger partial charge in [0.05, 0.1) is 11.8 Å². The van der Waals surface area contributed by atoms with Crippen LogP contribution in [0.25, 0.3) is 0 Å². The molecule has 2 rings (SSSR count). The van der Waals surface area contributed by atoms with E-state index in [0.29, 0.717) is 24.7 Å². The van der Waals surface area contributed by atoms with Crippen LogP contribution in [-0.2, 0) is 0 Å². The van der Waals surface area contributed by atoms with Gasteiger partial charge in [-0.25, -0.2) is 0 Å². The molecule has 0 heterocycles. The van der Waals surface area contributed by atoms with Crippen molar-refractivity contribution in [2.45, 2.75) is 51.6 Å². The highest BCUT2D eigenvalue weighted by Gasteiger charge is 2.19. The van der Waals surface area contributed by atoms with Gasteiger partial charge in [-0.1, -0.05) is 37.8 Å². The molecule has 0 bridgehead atoms. The Bertz CT molecular complexity index is 450. The van der Waals surface area contributed by atoms with Gasteiger partial charge in [-0.05, 0) is 48.6 Å². The Morgan fingerprint density at radius 3 is 2.52 bits per heavy atom. The van der Waals surface area contributed by atoms with Crippen LogP contribution in [0.2, 0.25) is 0 Å². The third-order valence-corrected chi connectivity index (χ3v) is 4.17. The summed E-state index contributed by atoms with van der Waals surface area (Å²) in [6.45, 7) is 2.28. The van der Waals surface area contributed by atoms with Gasteiger partial charge in [0.1, 0.15) is 12.4 Å². The summed E-state index contributed by atoms with van der Waals surface area (Å²) in [5.74, 6) is 1.40. The minimum Gasteiger partial charge on any atom is -0.491 e. The molecule has 0 amide bonds. The zero-order chi connectivity index (χ0) is 15.1. The lowest BCUT2D eigenvalue weighted by Gasteiger charge is -2.16. The normalized spacial score (nSPS) is 17.9. The molecule has 1 fully saturated rings. The molecule has 1 atom stereocenters. The first-order valence-electron chi connectivity index (χ1n) is 7.85. The molecule has 21 heavy (non-hydrogen) atoms. The number of hydrogen-bond donors (Lipinski definition) is 2. The topological polar surface area (TPSA) is 62.1 Å². The van der Waals surface area contributed by atoms with Crippen LogP contribution in [0.1, 0.15) is 51.0 Å². The predicted molar refractivity (Wildman–Crippen MR) is 83.1 cm³/mol. The maximum Gasteiger partial charge on any atom is 0.119 e. The lowest BCUT2D eigenvalue weighted by molar-refractivity contribution is 0.0855. The fourth-order valence-electron chi connectivity index (χ4n) is 2.97. The molecule has 0 saturated heterocycles. The third-order valence-electron chi connectivity index (χ3n) is 4.17. The molecule has 4 heteroatoms. The Morgan fingerprint density at radius 1 is 1.29 bits per heavy atom. The molecule has 1 aliphatic rings. The average Bonchev–Trinajstić information content (AvgIpc) is 3.00. The summed E-state index contributed by atoms with van der Waals surface area (Å²) in [7, 11) is 0. The molecule has 0 radical (unpaired) electrons. The quantitative estimate of drug-likeness (QED) is 0.458. The summed E-state index contributed by atoms with van der Waals surface area (Å²) in [5.41, 5.74) is 1.54. The maximum absolute atomic E-state index is 10.0. The van der Waals surface area contributed by atoms with Crippen molar-refractivity contribution in [2.75, 3.05) is 6.61 Å². The molecule has 0 aliphatic heterocycles. The Balaban J connectivity index is 1.80. The SMILES string of the molecule is CC/C(=N/O)c1ccc(OCC(O)CC2CCCC2)cc1. The minimum atomic E-state index is -0.391. The van der Waals surface area contributed by atoms with Crippen molar-refractivity contribution in [3.8, 4) is 5.75 Å².